The Balaban J connectivity index is 2.07. The third kappa shape index (κ3) is 4.19. The summed E-state index contributed by atoms with van der Waals surface area (Å²) in [7, 11) is 1.02. The highest BCUT2D eigenvalue weighted by Crippen LogP contribution is 2.54. The molecule has 0 bridgehead atoms. The zero-order valence-electron chi connectivity index (χ0n) is 17.5. The number of methoxy groups -OCH3 is 1. The van der Waals surface area contributed by atoms with Crippen molar-refractivity contribution in [2.75, 3.05) is 12.4 Å². The average Bonchev–Trinajstić information content (AvgIpc) is 3.02. The van der Waals surface area contributed by atoms with Gasteiger partial charge in [-0.15, -0.1) is 0 Å². The van der Waals surface area contributed by atoms with Crippen LogP contribution in [-0.4, -0.2) is 46.8 Å². The lowest BCUT2D eigenvalue weighted by atomic mass is 9.77. The molecule has 2 aromatic rings. The molecular formula is C20H19F5N4O4. The van der Waals surface area contributed by atoms with Crippen LogP contribution in [0.15, 0.2) is 24.5 Å². The summed E-state index contributed by atoms with van der Waals surface area (Å²) in [5.41, 5.74) is 1.88. The summed E-state index contributed by atoms with van der Waals surface area (Å²) >= 11 is 0. The topological polar surface area (TPSA) is 116 Å². The minimum absolute atomic E-state index is 0.183. The summed E-state index contributed by atoms with van der Waals surface area (Å²) in [5.74, 6) is -8.36. The van der Waals surface area contributed by atoms with Gasteiger partial charge in [0.1, 0.15) is 23.9 Å². The second kappa shape index (κ2) is 8.54. The maximum Gasteiger partial charge on any atom is 0.417 e. The second-order valence-corrected chi connectivity index (χ2v) is 7.58. The molecule has 8 nitrogen and oxygen atoms in total. The van der Waals surface area contributed by atoms with Gasteiger partial charge in [0.15, 0.2) is 17.2 Å². The van der Waals surface area contributed by atoms with Gasteiger partial charge in [-0.05, 0) is 13.0 Å². The van der Waals surface area contributed by atoms with Crippen molar-refractivity contribution in [2.45, 2.75) is 37.6 Å². The van der Waals surface area contributed by atoms with Crippen LogP contribution in [0.3, 0.4) is 0 Å². The number of nitrogens with two attached hydrogens (primary N) is 1. The minimum atomic E-state index is -4.90. The molecule has 1 aliphatic heterocycles. The Kier molecular flexibility index (Phi) is 6.29. The lowest BCUT2D eigenvalue weighted by Gasteiger charge is -2.32. The van der Waals surface area contributed by atoms with Gasteiger partial charge in [-0.3, -0.25) is 9.59 Å². The summed E-state index contributed by atoms with van der Waals surface area (Å²) < 4.78 is 80.0. The molecule has 0 spiro atoms. The normalized spacial score (nSPS) is 25.0. The van der Waals surface area contributed by atoms with Gasteiger partial charge < -0.3 is 20.5 Å². The van der Waals surface area contributed by atoms with Crippen LogP contribution in [0, 0.1) is 17.6 Å². The zero-order valence-corrected chi connectivity index (χ0v) is 17.5. The summed E-state index contributed by atoms with van der Waals surface area (Å²) in [6, 6.07) is 2.79. The molecule has 2 amide bonds. The number of nitrogens with zero attached hydrogens (tertiary/aromatic N) is 2. The van der Waals surface area contributed by atoms with Gasteiger partial charge >= 0.3 is 6.18 Å². The number of nitrogens with one attached hydrogen (secondary N) is 1. The Morgan fingerprint density at radius 1 is 1.24 bits per heavy atom. The van der Waals surface area contributed by atoms with E-state index in [4.69, 9.17) is 15.2 Å². The van der Waals surface area contributed by atoms with Crippen LogP contribution in [0.25, 0.3) is 0 Å². The number of aromatic nitrogens is 2. The molecule has 33 heavy (non-hydrogen) atoms. The highest BCUT2D eigenvalue weighted by Gasteiger charge is 2.65. The zero-order chi connectivity index (χ0) is 24.7. The first-order valence-corrected chi connectivity index (χ1v) is 9.51. The third-order valence-electron chi connectivity index (χ3n) is 5.74. The van der Waals surface area contributed by atoms with Crippen LogP contribution in [0.4, 0.5) is 27.8 Å². The first-order chi connectivity index (χ1) is 15.3. The molecule has 0 radical (unpaired) electrons. The fraction of sp³-hybridized carbons (Fsp3) is 0.400. The summed E-state index contributed by atoms with van der Waals surface area (Å²) in [6.45, 7) is 1.95. The summed E-state index contributed by atoms with van der Waals surface area (Å²) in [6.07, 6.45) is -5.79. The van der Waals surface area contributed by atoms with E-state index in [0.717, 1.165) is 38.6 Å². The minimum Gasteiger partial charge on any atom is -0.493 e. The molecule has 4 atom stereocenters. The van der Waals surface area contributed by atoms with E-state index >= 15 is 0 Å². The Bertz CT molecular complexity index is 1100. The number of rotatable bonds is 5. The molecule has 0 unspecified atom stereocenters. The van der Waals surface area contributed by atoms with Crippen molar-refractivity contribution in [3.05, 3.63) is 47.4 Å². The van der Waals surface area contributed by atoms with Gasteiger partial charge in [0.25, 0.3) is 11.8 Å². The predicted molar refractivity (Wildman–Crippen MR) is 103 cm³/mol. The standard InChI is InChI=1S/C20H19F5N4O4/c1-8-13(9-4-5-10(21)14(22)15(9)32-3)16(33-19(8,2)20(23,24)25)18(31)29-12-6-11(17(26)30)27-7-28-12/h4-8,13,16H,1-3H3,(H2,26,30)(H,27,28,29,31)/t8-,13-,16+,19+/m1/s1. The lowest BCUT2D eigenvalue weighted by Crippen LogP contribution is -2.47. The van der Waals surface area contributed by atoms with E-state index in [2.05, 4.69) is 15.3 Å². The molecule has 1 fully saturated rings. The van der Waals surface area contributed by atoms with Crippen molar-refractivity contribution in [1.82, 2.24) is 9.97 Å². The molecule has 1 aromatic carbocycles. The Labute approximate surface area is 184 Å². The maximum absolute atomic E-state index is 14.3. The molecule has 178 valence electrons. The van der Waals surface area contributed by atoms with Gasteiger partial charge in [0.05, 0.1) is 7.11 Å². The number of hydrogen-bond acceptors (Lipinski definition) is 6. The highest BCUT2D eigenvalue weighted by atomic mass is 19.4. The molecule has 3 N–H and O–H groups in total. The van der Waals surface area contributed by atoms with E-state index in [9.17, 15) is 31.5 Å². The van der Waals surface area contributed by atoms with Crippen molar-refractivity contribution in [3.8, 4) is 5.75 Å². The SMILES string of the molecule is COc1c([C@@H]2[C@@H](C(=O)Nc3cc(C(N)=O)ncn3)O[C@](C)(C(F)(F)F)[C@@H]2C)ccc(F)c1F. The predicted octanol–water partition coefficient (Wildman–Crippen LogP) is 2.94. The third-order valence-corrected chi connectivity index (χ3v) is 5.74. The maximum atomic E-state index is 14.3. The van der Waals surface area contributed by atoms with E-state index < -0.39 is 58.9 Å². The van der Waals surface area contributed by atoms with E-state index in [1.54, 1.807) is 0 Å². The lowest BCUT2D eigenvalue weighted by molar-refractivity contribution is -0.272. The van der Waals surface area contributed by atoms with Gasteiger partial charge in [-0.1, -0.05) is 13.0 Å². The first kappa shape index (κ1) is 24.3. The van der Waals surface area contributed by atoms with Crippen LogP contribution in [0.5, 0.6) is 5.75 Å². The average molecular weight is 474 g/mol. The van der Waals surface area contributed by atoms with Crippen molar-refractivity contribution in [2.24, 2.45) is 11.7 Å². The first-order valence-electron chi connectivity index (χ1n) is 9.51. The number of benzene rings is 1. The molecule has 1 aliphatic rings. The van der Waals surface area contributed by atoms with Crippen LogP contribution < -0.4 is 15.8 Å². The highest BCUT2D eigenvalue weighted by molar-refractivity contribution is 5.96. The van der Waals surface area contributed by atoms with Gasteiger partial charge in [0.2, 0.25) is 5.82 Å². The van der Waals surface area contributed by atoms with Gasteiger partial charge in [0, 0.05) is 23.5 Å². The van der Waals surface area contributed by atoms with E-state index in [0.29, 0.717) is 0 Å². The number of anilines is 1. The Morgan fingerprint density at radius 3 is 2.48 bits per heavy atom. The Hall–Kier alpha value is -3.35. The monoisotopic (exact) mass is 474 g/mol. The quantitative estimate of drug-likeness (QED) is 0.644. The van der Waals surface area contributed by atoms with Gasteiger partial charge in [-0.25, -0.2) is 14.4 Å². The number of carbonyl (C=O) groups is 2. The molecule has 0 saturated carbocycles. The largest absolute Gasteiger partial charge is 0.493 e. The second-order valence-electron chi connectivity index (χ2n) is 7.58. The van der Waals surface area contributed by atoms with Crippen LogP contribution in [0.2, 0.25) is 0 Å². The van der Waals surface area contributed by atoms with Crippen LogP contribution in [-0.2, 0) is 9.53 Å². The van der Waals surface area contributed by atoms with E-state index in [1.165, 1.54) is 6.92 Å². The molecule has 13 heteroatoms. The van der Waals surface area contributed by atoms with Gasteiger partial charge in [-0.2, -0.15) is 17.6 Å². The number of halogens is 5. The van der Waals surface area contributed by atoms with Crippen LogP contribution in [0.1, 0.15) is 35.8 Å². The number of primary amides is 1. The molecular weight excluding hydrogens is 455 g/mol. The molecule has 2 heterocycles. The van der Waals surface area contributed by atoms with E-state index in [-0.39, 0.29) is 17.1 Å². The number of amides is 2. The summed E-state index contributed by atoms with van der Waals surface area (Å²) in [4.78, 5) is 31.6. The summed E-state index contributed by atoms with van der Waals surface area (Å²) in [5, 5.41) is 2.25. The van der Waals surface area contributed by atoms with Crippen molar-refractivity contribution in [3.63, 3.8) is 0 Å². The number of ether oxygens (including phenoxy) is 2. The van der Waals surface area contributed by atoms with E-state index in [1.807, 2.05) is 0 Å². The van der Waals surface area contributed by atoms with Crippen molar-refractivity contribution < 1.29 is 41.0 Å². The fourth-order valence-corrected chi connectivity index (χ4v) is 3.80. The number of hydrogen-bond donors (Lipinski definition) is 2. The van der Waals surface area contributed by atoms with Crippen LogP contribution >= 0.6 is 0 Å². The Morgan fingerprint density at radius 2 is 1.91 bits per heavy atom. The van der Waals surface area contributed by atoms with Crippen molar-refractivity contribution >= 4 is 17.6 Å². The molecule has 3 rings (SSSR count). The molecule has 0 aliphatic carbocycles. The fourth-order valence-electron chi connectivity index (χ4n) is 3.80. The van der Waals surface area contributed by atoms with Crippen molar-refractivity contribution in [1.29, 1.82) is 0 Å². The number of carbonyl (C=O) groups excluding carboxylic acids is 2. The molecule has 1 aromatic heterocycles. The molecule has 1 saturated heterocycles. The number of alkyl halides is 3. The smallest absolute Gasteiger partial charge is 0.417 e.